The van der Waals surface area contributed by atoms with Crippen LogP contribution in [0.2, 0.25) is 0 Å². The minimum absolute atomic E-state index is 0.138. The molecule has 1 aromatic heterocycles. The Bertz CT molecular complexity index is 1360. The molecule has 31 heavy (non-hydrogen) atoms. The zero-order chi connectivity index (χ0) is 22.0. The molecule has 0 bridgehead atoms. The molecule has 6 nitrogen and oxygen atoms in total. The van der Waals surface area contributed by atoms with Crippen LogP contribution in [0.5, 0.6) is 0 Å². The number of carbonyl (C=O) groups is 1. The molecule has 4 aromatic rings. The number of hydrogen-bond donors (Lipinski definition) is 1. The van der Waals surface area contributed by atoms with Gasteiger partial charge in [-0.15, -0.1) is 0 Å². The van der Waals surface area contributed by atoms with E-state index in [0.29, 0.717) is 16.9 Å². The van der Waals surface area contributed by atoms with E-state index < -0.39 is 21.4 Å². The Morgan fingerprint density at radius 2 is 1.52 bits per heavy atom. The summed E-state index contributed by atoms with van der Waals surface area (Å²) in [5, 5.41) is 3.99. The molecule has 0 radical (unpaired) electrons. The lowest BCUT2D eigenvalue weighted by Crippen LogP contribution is -2.16. The lowest BCUT2D eigenvalue weighted by molar-refractivity contribution is 0.102. The van der Waals surface area contributed by atoms with Gasteiger partial charge in [0, 0.05) is 16.6 Å². The number of ketones is 1. The standard InChI is InChI=1S/C24H21N3O3S/c1-16-3-8-19(9-4-16)27-24-21-12-7-18(13-22(21)25-15-26-24)23(28)14-31(29,30)20-10-5-17(2)6-11-20/h3-13,15H,14H2,1-2H3,(H,25,26,27). The van der Waals surface area contributed by atoms with Crippen LogP contribution in [0.1, 0.15) is 21.5 Å². The van der Waals surface area contributed by atoms with Crippen LogP contribution in [0.4, 0.5) is 11.5 Å². The number of hydrogen-bond acceptors (Lipinski definition) is 6. The van der Waals surface area contributed by atoms with E-state index in [2.05, 4.69) is 15.3 Å². The number of nitrogens with one attached hydrogen (secondary N) is 1. The maximum Gasteiger partial charge on any atom is 0.185 e. The predicted octanol–water partition coefficient (Wildman–Crippen LogP) is 4.65. The van der Waals surface area contributed by atoms with Crippen LogP contribution >= 0.6 is 0 Å². The third kappa shape index (κ3) is 4.62. The van der Waals surface area contributed by atoms with Crippen molar-refractivity contribution in [2.75, 3.05) is 11.1 Å². The van der Waals surface area contributed by atoms with Crippen LogP contribution < -0.4 is 5.32 Å². The molecule has 1 N–H and O–H groups in total. The summed E-state index contributed by atoms with van der Waals surface area (Å²) in [5.74, 6) is -0.463. The second kappa shape index (κ2) is 8.28. The average Bonchev–Trinajstić information content (AvgIpc) is 2.75. The van der Waals surface area contributed by atoms with Gasteiger partial charge in [-0.2, -0.15) is 0 Å². The summed E-state index contributed by atoms with van der Waals surface area (Å²) in [6.07, 6.45) is 1.41. The number of carbonyl (C=O) groups excluding carboxylic acids is 1. The predicted molar refractivity (Wildman–Crippen MR) is 122 cm³/mol. The van der Waals surface area contributed by atoms with E-state index in [9.17, 15) is 13.2 Å². The van der Waals surface area contributed by atoms with Gasteiger partial charge in [0.25, 0.3) is 0 Å². The Balaban J connectivity index is 1.59. The van der Waals surface area contributed by atoms with Crippen molar-refractivity contribution in [3.63, 3.8) is 0 Å². The molecule has 1 heterocycles. The van der Waals surface area contributed by atoms with E-state index in [-0.39, 0.29) is 4.90 Å². The maximum atomic E-state index is 12.7. The van der Waals surface area contributed by atoms with Gasteiger partial charge in [0.2, 0.25) is 0 Å². The van der Waals surface area contributed by atoms with Crippen LogP contribution in [0.15, 0.2) is 78.0 Å². The molecular weight excluding hydrogens is 410 g/mol. The first-order valence-corrected chi connectivity index (χ1v) is 11.4. The van der Waals surface area contributed by atoms with Crippen LogP contribution in [0.3, 0.4) is 0 Å². The molecule has 0 aliphatic heterocycles. The van der Waals surface area contributed by atoms with Crippen molar-refractivity contribution < 1.29 is 13.2 Å². The average molecular weight is 432 g/mol. The second-order valence-corrected chi connectivity index (χ2v) is 9.43. The Morgan fingerprint density at radius 3 is 2.19 bits per heavy atom. The van der Waals surface area contributed by atoms with Crippen LogP contribution in [-0.4, -0.2) is 29.9 Å². The lowest BCUT2D eigenvalue weighted by Gasteiger charge is -2.10. The van der Waals surface area contributed by atoms with E-state index in [1.165, 1.54) is 18.5 Å². The normalized spacial score (nSPS) is 11.4. The van der Waals surface area contributed by atoms with Gasteiger partial charge >= 0.3 is 0 Å². The molecule has 0 spiro atoms. The number of nitrogens with zero attached hydrogens (tertiary/aromatic N) is 2. The van der Waals surface area contributed by atoms with Gasteiger partial charge in [-0.25, -0.2) is 18.4 Å². The first kappa shape index (κ1) is 20.7. The highest BCUT2D eigenvalue weighted by molar-refractivity contribution is 7.92. The largest absolute Gasteiger partial charge is 0.340 e. The van der Waals surface area contributed by atoms with Crippen molar-refractivity contribution in [2.24, 2.45) is 0 Å². The van der Waals surface area contributed by atoms with Gasteiger partial charge < -0.3 is 5.32 Å². The summed E-state index contributed by atoms with van der Waals surface area (Å²) in [4.78, 5) is 21.4. The minimum Gasteiger partial charge on any atom is -0.340 e. The number of Topliss-reactive ketones (excluding diaryl/α,β-unsaturated/α-hetero) is 1. The molecule has 0 unspecified atom stereocenters. The molecular formula is C24H21N3O3S. The van der Waals surface area contributed by atoms with Gasteiger partial charge in [-0.1, -0.05) is 41.5 Å². The van der Waals surface area contributed by atoms with Gasteiger partial charge in [-0.05, 0) is 50.2 Å². The number of rotatable bonds is 6. The van der Waals surface area contributed by atoms with Crippen molar-refractivity contribution in [3.05, 3.63) is 89.7 Å². The zero-order valence-corrected chi connectivity index (χ0v) is 18.0. The summed E-state index contributed by atoms with van der Waals surface area (Å²) < 4.78 is 25.2. The highest BCUT2D eigenvalue weighted by atomic mass is 32.2. The molecule has 0 saturated carbocycles. The third-order valence-corrected chi connectivity index (χ3v) is 6.61. The van der Waals surface area contributed by atoms with Crippen molar-refractivity contribution in [1.29, 1.82) is 0 Å². The van der Waals surface area contributed by atoms with E-state index in [0.717, 1.165) is 22.2 Å². The molecule has 0 aliphatic rings. The van der Waals surface area contributed by atoms with Gasteiger partial charge in [0.15, 0.2) is 15.6 Å². The van der Waals surface area contributed by atoms with Crippen molar-refractivity contribution in [2.45, 2.75) is 18.7 Å². The number of anilines is 2. The molecule has 7 heteroatoms. The van der Waals surface area contributed by atoms with Crippen LogP contribution in [-0.2, 0) is 9.84 Å². The van der Waals surface area contributed by atoms with Crippen molar-refractivity contribution in [3.8, 4) is 0 Å². The fourth-order valence-electron chi connectivity index (χ4n) is 3.19. The molecule has 4 rings (SSSR count). The third-order valence-electron chi connectivity index (χ3n) is 4.97. The Kier molecular flexibility index (Phi) is 5.52. The van der Waals surface area contributed by atoms with Crippen molar-refractivity contribution >= 4 is 38.0 Å². The molecule has 3 aromatic carbocycles. The molecule has 156 valence electrons. The topological polar surface area (TPSA) is 89.0 Å². The molecule has 0 aliphatic carbocycles. The van der Waals surface area contributed by atoms with E-state index in [1.54, 1.807) is 30.3 Å². The van der Waals surface area contributed by atoms with Gasteiger partial charge in [0.05, 0.1) is 10.4 Å². The zero-order valence-electron chi connectivity index (χ0n) is 17.2. The number of aryl methyl sites for hydroxylation is 2. The number of fused-ring (bicyclic) bond motifs is 1. The smallest absolute Gasteiger partial charge is 0.185 e. The van der Waals surface area contributed by atoms with Crippen LogP contribution in [0.25, 0.3) is 10.9 Å². The highest BCUT2D eigenvalue weighted by Crippen LogP contribution is 2.24. The number of sulfone groups is 1. The summed E-state index contributed by atoms with van der Waals surface area (Å²) in [5.41, 5.74) is 3.85. The fraction of sp³-hybridized carbons (Fsp3) is 0.125. The quantitative estimate of drug-likeness (QED) is 0.447. The first-order valence-electron chi connectivity index (χ1n) is 9.73. The Hall–Kier alpha value is -3.58. The maximum absolute atomic E-state index is 12.7. The Labute approximate surface area is 180 Å². The number of aromatic nitrogens is 2. The number of benzene rings is 3. The summed E-state index contributed by atoms with van der Waals surface area (Å²) in [7, 11) is -3.72. The SMILES string of the molecule is Cc1ccc(Nc2ncnc3cc(C(=O)CS(=O)(=O)c4ccc(C)cc4)ccc23)cc1. The first-order chi connectivity index (χ1) is 14.8. The van der Waals surface area contributed by atoms with Crippen molar-refractivity contribution in [1.82, 2.24) is 9.97 Å². The van der Waals surface area contributed by atoms with E-state index in [1.807, 2.05) is 38.1 Å². The molecule has 0 atom stereocenters. The minimum atomic E-state index is -3.72. The molecule has 0 fully saturated rings. The van der Waals surface area contributed by atoms with Gasteiger partial charge in [-0.3, -0.25) is 4.79 Å². The lowest BCUT2D eigenvalue weighted by atomic mass is 10.1. The molecule has 0 saturated heterocycles. The Morgan fingerprint density at radius 1 is 0.871 bits per heavy atom. The summed E-state index contributed by atoms with van der Waals surface area (Å²) >= 11 is 0. The second-order valence-electron chi connectivity index (χ2n) is 7.44. The molecule has 0 amide bonds. The van der Waals surface area contributed by atoms with E-state index in [4.69, 9.17) is 0 Å². The monoisotopic (exact) mass is 431 g/mol. The summed E-state index contributed by atoms with van der Waals surface area (Å²) in [6, 6.07) is 19.3. The van der Waals surface area contributed by atoms with E-state index >= 15 is 0 Å². The highest BCUT2D eigenvalue weighted by Gasteiger charge is 2.21. The fourth-order valence-corrected chi connectivity index (χ4v) is 4.42. The van der Waals surface area contributed by atoms with Gasteiger partial charge in [0.1, 0.15) is 17.9 Å². The van der Waals surface area contributed by atoms with Crippen LogP contribution in [0, 0.1) is 13.8 Å². The summed E-state index contributed by atoms with van der Waals surface area (Å²) in [6.45, 7) is 3.89.